The van der Waals surface area contributed by atoms with Crippen LogP contribution in [0.15, 0.2) is 303 Å². The van der Waals surface area contributed by atoms with Crippen molar-refractivity contribution in [3.8, 4) is 47.5 Å². The minimum absolute atomic E-state index is 1.19. The van der Waals surface area contributed by atoms with Gasteiger partial charge in [0.2, 0.25) is 0 Å². The van der Waals surface area contributed by atoms with Gasteiger partial charge in [0.05, 0.1) is 0 Å². The average Bonchev–Trinajstić information content (AvgIpc) is 3.52. The SMILES string of the molecule is [C]1#[C][Ge]([c]2ccccc2)([c]2ccccc2)[C]#[C][Ge]([c]2ccccc2)([c]2ccccc2)[C]#[C][Ge]([c]2ccccc2)([c]2ccccc2)[C]#[C][Ge]([c]2ccccc2)([c]2ccccc2)[C]#[C][Ge]1([c]1ccccc1)[c]1ccccc1. The fourth-order valence-electron chi connectivity index (χ4n) is 10.3. The Bertz CT molecular complexity index is 3020. The molecule has 0 atom stereocenters. The Balaban J connectivity index is 1.43. The van der Waals surface area contributed by atoms with Gasteiger partial charge in [-0.15, -0.1) is 0 Å². The maximum atomic E-state index is 4.36. The van der Waals surface area contributed by atoms with E-state index >= 15 is 0 Å². The van der Waals surface area contributed by atoms with Gasteiger partial charge in [0, 0.05) is 0 Å². The van der Waals surface area contributed by atoms with Crippen LogP contribution in [-0.2, 0) is 0 Å². The van der Waals surface area contributed by atoms with Crippen molar-refractivity contribution in [2.24, 2.45) is 0 Å². The van der Waals surface area contributed by atoms with Crippen molar-refractivity contribution in [1.29, 1.82) is 0 Å². The molecule has 0 unspecified atom stereocenters. The summed E-state index contributed by atoms with van der Waals surface area (Å²) in [6.07, 6.45) is 0. The van der Waals surface area contributed by atoms with E-state index in [2.05, 4.69) is 351 Å². The van der Waals surface area contributed by atoms with Gasteiger partial charge in [-0.05, 0) is 0 Å². The van der Waals surface area contributed by atoms with Crippen LogP contribution in [-0.4, -0.2) is 66.3 Å². The van der Waals surface area contributed by atoms with Crippen LogP contribution in [0.4, 0.5) is 0 Å². The zero-order valence-electron chi connectivity index (χ0n) is 41.4. The molecule has 0 saturated heterocycles. The van der Waals surface area contributed by atoms with Gasteiger partial charge >= 0.3 is 461 Å². The summed E-state index contributed by atoms with van der Waals surface area (Å²) in [7, 11) is 0. The summed E-state index contributed by atoms with van der Waals surface area (Å²) in [4.78, 5) is 0. The van der Waals surface area contributed by atoms with Crippen molar-refractivity contribution in [2.75, 3.05) is 0 Å². The standard InChI is InChI=1S/C70H50Ge5/c1-11-31-61(32-12-1)71(62-33-13-2-14-34-62)51-53-72(63-35-15-3-16-36-63,64-37-17-4-18-38-64)55-57-74(67-43-23-7-24-44-67,68-45-25-8-26-46-68)59-60-75(69-47-27-9-28-48-69,70-49-29-10-30-50-70)58-56-73(54-52-71,65-39-19-5-20-40-65)66-41-21-6-22-42-66/h1-50H. The van der Waals surface area contributed by atoms with E-state index in [-0.39, 0.29) is 0 Å². The van der Waals surface area contributed by atoms with Crippen LogP contribution in [0, 0.1) is 47.5 Å². The first-order valence-corrected chi connectivity index (χ1v) is 46.3. The molecule has 0 bridgehead atoms. The summed E-state index contributed by atoms with van der Waals surface area (Å²) in [5.41, 5.74) is 0. The molecule has 10 aromatic rings. The van der Waals surface area contributed by atoms with Gasteiger partial charge in [-0.1, -0.05) is 0 Å². The Morgan fingerprint density at radius 3 is 0.280 bits per heavy atom. The molecular formula is C70H50Ge5. The average molecular weight is 1250 g/mol. The summed E-state index contributed by atoms with van der Waals surface area (Å²) in [5, 5.41) is 0. The molecule has 350 valence electrons. The molecule has 1 heterocycles. The Morgan fingerprint density at radius 2 is 0.200 bits per heavy atom. The number of hydrogen-bond acceptors (Lipinski definition) is 0. The Morgan fingerprint density at radius 1 is 0.120 bits per heavy atom. The fraction of sp³-hybridized carbons (Fsp3) is 0. The fourth-order valence-corrected chi connectivity index (χ4v) is 59.4. The van der Waals surface area contributed by atoms with E-state index < -0.39 is 66.3 Å². The monoisotopic (exact) mass is 1260 g/mol. The van der Waals surface area contributed by atoms with Crippen LogP contribution in [0.25, 0.3) is 0 Å². The van der Waals surface area contributed by atoms with E-state index in [1.165, 1.54) is 44.0 Å². The molecule has 1 aliphatic rings. The summed E-state index contributed by atoms with van der Waals surface area (Å²) in [6, 6.07) is 110. The maximum absolute atomic E-state index is 4.36. The van der Waals surface area contributed by atoms with Crippen LogP contribution < -0.4 is 44.0 Å². The number of benzene rings is 10. The first-order valence-electron chi connectivity index (χ1n) is 25.4. The predicted molar refractivity (Wildman–Crippen MR) is 328 cm³/mol. The van der Waals surface area contributed by atoms with Crippen LogP contribution in [0.3, 0.4) is 0 Å². The Hall–Kier alpha value is -7.29. The summed E-state index contributed by atoms with van der Waals surface area (Å²) in [5.74, 6) is 0. The van der Waals surface area contributed by atoms with Crippen molar-refractivity contribution in [3.63, 3.8) is 0 Å². The summed E-state index contributed by atoms with van der Waals surface area (Å²) in [6.45, 7) is 0. The third-order valence-corrected chi connectivity index (χ3v) is 55.4. The first kappa shape index (κ1) is 49.9. The number of hydrogen-bond donors (Lipinski definition) is 0. The molecule has 10 aromatic carbocycles. The zero-order valence-corrected chi connectivity index (χ0v) is 51.9. The van der Waals surface area contributed by atoms with Gasteiger partial charge in [-0.3, -0.25) is 0 Å². The minimum atomic E-state index is -4.27. The molecule has 5 heteroatoms. The molecule has 0 amide bonds. The molecule has 0 spiro atoms. The van der Waals surface area contributed by atoms with E-state index in [1.54, 1.807) is 0 Å². The van der Waals surface area contributed by atoms with Crippen molar-refractivity contribution >= 4 is 110 Å². The van der Waals surface area contributed by atoms with Crippen LogP contribution >= 0.6 is 0 Å². The first-order chi connectivity index (χ1) is 37.1. The van der Waals surface area contributed by atoms with Gasteiger partial charge in [-0.25, -0.2) is 0 Å². The van der Waals surface area contributed by atoms with E-state index in [1.807, 2.05) is 0 Å². The van der Waals surface area contributed by atoms with Crippen LogP contribution in [0.1, 0.15) is 0 Å². The molecule has 0 aliphatic carbocycles. The van der Waals surface area contributed by atoms with Gasteiger partial charge in [-0.2, -0.15) is 0 Å². The summed E-state index contributed by atoms with van der Waals surface area (Å²) >= 11 is -21.4. The van der Waals surface area contributed by atoms with Crippen molar-refractivity contribution in [2.45, 2.75) is 0 Å². The van der Waals surface area contributed by atoms with E-state index in [9.17, 15) is 0 Å². The molecule has 0 N–H and O–H groups in total. The topological polar surface area (TPSA) is 0 Å². The molecule has 0 aromatic heterocycles. The van der Waals surface area contributed by atoms with Crippen LogP contribution in [0.5, 0.6) is 0 Å². The molecule has 0 nitrogen and oxygen atoms in total. The molecule has 0 fully saturated rings. The molecule has 11 rings (SSSR count). The molecular weight excluding hydrogens is 1200 g/mol. The van der Waals surface area contributed by atoms with Crippen molar-refractivity contribution < 1.29 is 0 Å². The summed E-state index contributed by atoms with van der Waals surface area (Å²) < 4.78 is 55.5. The predicted octanol–water partition coefficient (Wildman–Crippen LogP) is 6.73. The van der Waals surface area contributed by atoms with Crippen LogP contribution in [0.2, 0.25) is 0 Å². The normalized spacial score (nSPS) is 15.2. The molecule has 75 heavy (non-hydrogen) atoms. The second-order valence-corrected chi connectivity index (χ2v) is 51.8. The van der Waals surface area contributed by atoms with E-state index in [4.69, 9.17) is 0 Å². The third-order valence-electron chi connectivity index (χ3n) is 14.3. The quantitative estimate of drug-likeness (QED) is 0.106. The molecule has 0 saturated carbocycles. The van der Waals surface area contributed by atoms with E-state index in [0.717, 1.165) is 0 Å². The second kappa shape index (κ2) is 22.7. The van der Waals surface area contributed by atoms with Gasteiger partial charge in [0.1, 0.15) is 0 Å². The Kier molecular flexibility index (Phi) is 15.1. The van der Waals surface area contributed by atoms with Crippen molar-refractivity contribution in [3.05, 3.63) is 303 Å². The van der Waals surface area contributed by atoms with Gasteiger partial charge < -0.3 is 0 Å². The van der Waals surface area contributed by atoms with Gasteiger partial charge in [0.15, 0.2) is 0 Å². The number of rotatable bonds is 10. The zero-order chi connectivity index (χ0) is 50.7. The Labute approximate surface area is 456 Å². The molecule has 1 aliphatic heterocycles. The third kappa shape index (κ3) is 9.93. The van der Waals surface area contributed by atoms with Crippen molar-refractivity contribution in [1.82, 2.24) is 0 Å². The van der Waals surface area contributed by atoms with Gasteiger partial charge in [0.25, 0.3) is 0 Å². The van der Waals surface area contributed by atoms with E-state index in [0.29, 0.717) is 0 Å². The second-order valence-electron chi connectivity index (χ2n) is 18.7. The molecule has 0 radical (unpaired) electrons.